The number of aliphatic hydroxyl groups excluding tert-OH is 1. The fourth-order valence-corrected chi connectivity index (χ4v) is 5.92. The van der Waals surface area contributed by atoms with Crippen LogP contribution in [0, 0.1) is 5.92 Å². The molecular weight excluding hydrogens is 482 g/mol. The lowest BCUT2D eigenvalue weighted by molar-refractivity contribution is -0.166. The average molecular weight is 510 g/mol. The van der Waals surface area contributed by atoms with E-state index in [-0.39, 0.29) is 28.2 Å². The van der Waals surface area contributed by atoms with Crippen molar-refractivity contribution in [3.8, 4) is 11.5 Å². The summed E-state index contributed by atoms with van der Waals surface area (Å²) in [5.74, 6) is 0.658. The molecule has 1 unspecified atom stereocenters. The van der Waals surface area contributed by atoms with Crippen LogP contribution >= 0.6 is 23.4 Å². The van der Waals surface area contributed by atoms with Gasteiger partial charge in [-0.3, -0.25) is 4.57 Å². The Kier molecular flexibility index (Phi) is 7.18. The predicted octanol–water partition coefficient (Wildman–Crippen LogP) is 4.15. The summed E-state index contributed by atoms with van der Waals surface area (Å²) in [6.07, 6.45) is 5.23. The Balaban J connectivity index is 1.62. The number of hydrogen-bond acceptors (Lipinski definition) is 8. The molecule has 9 nitrogen and oxygen atoms in total. The maximum Gasteiger partial charge on any atom is 0.349 e. The number of esters is 1. The molecule has 1 aromatic heterocycles. The fourth-order valence-electron chi connectivity index (χ4n) is 4.85. The van der Waals surface area contributed by atoms with E-state index in [1.54, 1.807) is 26.4 Å². The van der Waals surface area contributed by atoms with Crippen LogP contribution in [0.5, 0.6) is 11.5 Å². The molecule has 1 atom stereocenters. The minimum atomic E-state index is -0.837. The number of rotatable bonds is 8. The van der Waals surface area contributed by atoms with Gasteiger partial charge in [0.1, 0.15) is 27.8 Å². The van der Waals surface area contributed by atoms with Crippen molar-refractivity contribution in [2.45, 2.75) is 55.7 Å². The van der Waals surface area contributed by atoms with Gasteiger partial charge in [-0.05, 0) is 55.0 Å². The first-order valence-electron chi connectivity index (χ1n) is 11.1. The number of aliphatic hydroxyl groups is 1. The van der Waals surface area contributed by atoms with Crippen molar-refractivity contribution in [3.63, 3.8) is 0 Å². The average Bonchev–Trinajstić information content (AvgIpc) is 3.47. The number of benzene rings is 1. The van der Waals surface area contributed by atoms with Crippen LogP contribution in [0.25, 0.3) is 0 Å². The third-order valence-corrected chi connectivity index (χ3v) is 8.16. The first-order valence-corrected chi connectivity index (χ1v) is 12.3. The zero-order valence-corrected chi connectivity index (χ0v) is 20.9. The number of aromatic amines is 1. The van der Waals surface area contributed by atoms with Gasteiger partial charge in [0.2, 0.25) is 0 Å². The van der Waals surface area contributed by atoms with Crippen LogP contribution in [-0.2, 0) is 23.0 Å². The third-order valence-electron chi connectivity index (χ3n) is 6.71. The Bertz CT molecular complexity index is 1170. The molecule has 2 N–H and O–H groups in total. The number of carbonyl (C=O) groups excluding carboxylic acids is 1. The van der Waals surface area contributed by atoms with Gasteiger partial charge >= 0.3 is 11.7 Å². The van der Waals surface area contributed by atoms with Crippen LogP contribution in [0.3, 0.4) is 0 Å². The van der Waals surface area contributed by atoms with Crippen molar-refractivity contribution < 1.29 is 24.1 Å². The number of H-pyrrole nitrogens is 1. The number of aromatic nitrogens is 3. The Labute approximate surface area is 206 Å². The molecule has 2 heterocycles. The number of nitrogens with one attached hydrogen (secondary N) is 1. The number of cyclic esters (lactones) is 1. The summed E-state index contributed by atoms with van der Waals surface area (Å²) in [4.78, 5) is 24.8. The number of halogens is 1. The summed E-state index contributed by atoms with van der Waals surface area (Å²) in [5.41, 5.74) is -0.368. The Hall–Kier alpha value is -2.59. The van der Waals surface area contributed by atoms with Crippen LogP contribution in [0.15, 0.2) is 32.7 Å². The number of ether oxygens (including phenoxy) is 3. The molecule has 1 saturated carbocycles. The maximum absolute atomic E-state index is 13.1. The highest BCUT2D eigenvalue weighted by molar-refractivity contribution is 8.03. The normalized spacial score (nSPS) is 21.1. The van der Waals surface area contributed by atoms with Gasteiger partial charge in [-0.15, -0.1) is 5.10 Å². The number of carbonyl (C=O) groups is 1. The molecule has 0 amide bonds. The molecule has 0 saturated heterocycles. The van der Waals surface area contributed by atoms with Gasteiger partial charge in [0, 0.05) is 19.5 Å². The molecule has 4 rings (SSSR count). The zero-order valence-electron chi connectivity index (χ0n) is 19.4. The summed E-state index contributed by atoms with van der Waals surface area (Å²) in [5, 5.41) is 18.0. The van der Waals surface area contributed by atoms with E-state index >= 15 is 0 Å². The van der Waals surface area contributed by atoms with Gasteiger partial charge < -0.3 is 19.3 Å². The van der Waals surface area contributed by atoms with Crippen molar-refractivity contribution >= 4 is 29.3 Å². The minimum Gasteiger partial charge on any atom is -0.511 e. The second-order valence-corrected chi connectivity index (χ2v) is 10.0. The fraction of sp³-hybridized carbons (Fsp3) is 0.522. The van der Waals surface area contributed by atoms with E-state index in [2.05, 4.69) is 10.2 Å². The zero-order chi connectivity index (χ0) is 24.5. The minimum absolute atomic E-state index is 0.0386. The van der Waals surface area contributed by atoms with Crippen molar-refractivity contribution in [3.05, 3.63) is 43.9 Å². The molecular formula is C23H28ClN3O6S. The molecule has 2 aromatic rings. The third kappa shape index (κ3) is 4.65. The molecule has 0 spiro atoms. The van der Waals surface area contributed by atoms with Crippen LogP contribution in [0.1, 0.15) is 44.1 Å². The highest BCUT2D eigenvalue weighted by Crippen LogP contribution is 2.48. The van der Waals surface area contributed by atoms with Gasteiger partial charge in [0.25, 0.3) is 0 Å². The Morgan fingerprint density at radius 1 is 1.26 bits per heavy atom. The summed E-state index contributed by atoms with van der Waals surface area (Å²) < 4.78 is 18.2. The predicted molar refractivity (Wildman–Crippen MR) is 128 cm³/mol. The summed E-state index contributed by atoms with van der Waals surface area (Å²) in [7, 11) is 4.67. The maximum atomic E-state index is 13.1. The molecule has 34 heavy (non-hydrogen) atoms. The van der Waals surface area contributed by atoms with Gasteiger partial charge in [-0.2, -0.15) is 0 Å². The lowest BCUT2D eigenvalue weighted by atomic mass is 9.77. The highest BCUT2D eigenvalue weighted by Gasteiger charge is 2.48. The Morgan fingerprint density at radius 3 is 2.56 bits per heavy atom. The van der Waals surface area contributed by atoms with E-state index in [4.69, 9.17) is 25.8 Å². The van der Waals surface area contributed by atoms with Crippen LogP contribution in [-0.4, -0.2) is 45.7 Å². The van der Waals surface area contributed by atoms with Gasteiger partial charge in [0.15, 0.2) is 5.16 Å². The van der Waals surface area contributed by atoms with Crippen molar-refractivity contribution in [1.29, 1.82) is 0 Å². The molecule has 184 valence electrons. The van der Waals surface area contributed by atoms with E-state index < -0.39 is 17.3 Å². The topological polar surface area (TPSA) is 116 Å². The summed E-state index contributed by atoms with van der Waals surface area (Å²) in [6, 6.07) is 3.55. The standard InChI is InChI=1S/C23H28ClN3O6S/c1-27-21(30)25-26-22(27)34-19-16(28)12-23(33-20(19)29,14-6-4-5-7-14)9-8-13-10-15(24)18(32-3)11-17(13)31-2/h10-11,14,28H,4-9,12H2,1-3H3,(H,25,30). The van der Waals surface area contributed by atoms with E-state index in [0.717, 1.165) is 43.0 Å². The molecule has 2 aliphatic rings. The number of methoxy groups -OCH3 is 2. The summed E-state index contributed by atoms with van der Waals surface area (Å²) >= 11 is 7.27. The second kappa shape index (κ2) is 9.95. The lowest BCUT2D eigenvalue weighted by Gasteiger charge is -2.41. The van der Waals surface area contributed by atoms with Crippen molar-refractivity contribution in [1.82, 2.24) is 14.8 Å². The summed E-state index contributed by atoms with van der Waals surface area (Å²) in [6.45, 7) is 0. The first kappa shape index (κ1) is 24.5. The van der Waals surface area contributed by atoms with Crippen LogP contribution < -0.4 is 15.2 Å². The number of thioether (sulfide) groups is 1. The molecule has 0 bridgehead atoms. The lowest BCUT2D eigenvalue weighted by Crippen LogP contribution is -2.45. The molecule has 1 aliphatic carbocycles. The number of hydrogen-bond donors (Lipinski definition) is 2. The molecule has 0 radical (unpaired) electrons. The van der Waals surface area contributed by atoms with Gasteiger partial charge in [-0.1, -0.05) is 24.4 Å². The van der Waals surface area contributed by atoms with Crippen LogP contribution in [0.4, 0.5) is 0 Å². The molecule has 1 aromatic carbocycles. The van der Waals surface area contributed by atoms with E-state index in [1.807, 2.05) is 0 Å². The Morgan fingerprint density at radius 2 is 1.97 bits per heavy atom. The smallest absolute Gasteiger partial charge is 0.349 e. The quantitative estimate of drug-likeness (QED) is 0.510. The molecule has 11 heteroatoms. The number of nitrogens with zero attached hydrogens (tertiary/aromatic N) is 2. The van der Waals surface area contributed by atoms with Gasteiger partial charge in [-0.25, -0.2) is 14.7 Å². The largest absolute Gasteiger partial charge is 0.511 e. The van der Waals surface area contributed by atoms with E-state index in [0.29, 0.717) is 29.4 Å². The van der Waals surface area contributed by atoms with Crippen molar-refractivity contribution in [2.24, 2.45) is 13.0 Å². The van der Waals surface area contributed by atoms with E-state index in [9.17, 15) is 14.7 Å². The number of aryl methyl sites for hydroxylation is 1. The molecule has 1 fully saturated rings. The SMILES string of the molecule is COc1cc(OC)c(CCC2(C3CCCC3)CC(O)=C(Sc3n[nH]c(=O)n3C)C(=O)O2)cc1Cl. The van der Waals surface area contributed by atoms with Crippen molar-refractivity contribution in [2.75, 3.05) is 14.2 Å². The highest BCUT2D eigenvalue weighted by atomic mass is 35.5. The molecule has 1 aliphatic heterocycles. The van der Waals surface area contributed by atoms with Crippen LogP contribution in [0.2, 0.25) is 5.02 Å². The first-order chi connectivity index (χ1) is 16.3. The van der Waals surface area contributed by atoms with Gasteiger partial charge in [0.05, 0.1) is 19.2 Å². The second-order valence-electron chi connectivity index (χ2n) is 8.66. The monoisotopic (exact) mass is 509 g/mol. The van der Waals surface area contributed by atoms with E-state index in [1.165, 1.54) is 11.6 Å².